The molecule has 0 saturated carbocycles. The summed E-state index contributed by atoms with van der Waals surface area (Å²) in [4.78, 5) is 8.82. The van der Waals surface area contributed by atoms with E-state index >= 15 is 0 Å². The fraction of sp³-hybridized carbons (Fsp3) is 0.200. The maximum absolute atomic E-state index is 6.11. The molecule has 3 aromatic rings. The predicted octanol–water partition coefficient (Wildman–Crippen LogP) is 4.59. The molecular formula is C15H12N2OS. The monoisotopic (exact) mass is 268 g/mol. The molecule has 0 unspecified atom stereocenters. The number of hydrogen-bond acceptors (Lipinski definition) is 4. The highest BCUT2D eigenvalue weighted by Gasteiger charge is 2.25. The molecule has 3 heterocycles. The quantitative estimate of drug-likeness (QED) is 0.506. The molecule has 1 aliphatic rings. The largest absolute Gasteiger partial charge is 0.455 e. The van der Waals surface area contributed by atoms with E-state index in [4.69, 9.17) is 4.74 Å². The van der Waals surface area contributed by atoms with Crippen molar-refractivity contribution in [2.45, 2.75) is 19.8 Å². The van der Waals surface area contributed by atoms with Gasteiger partial charge in [0.05, 0.1) is 22.2 Å². The van der Waals surface area contributed by atoms with Gasteiger partial charge in [0, 0.05) is 10.8 Å². The van der Waals surface area contributed by atoms with E-state index in [1.807, 2.05) is 5.38 Å². The van der Waals surface area contributed by atoms with Crippen LogP contribution in [-0.4, -0.2) is 9.97 Å². The topological polar surface area (TPSA) is 35.0 Å². The molecule has 0 aliphatic carbocycles. The minimum atomic E-state index is 0.410. The van der Waals surface area contributed by atoms with Crippen molar-refractivity contribution in [3.8, 4) is 22.8 Å². The Morgan fingerprint density at radius 1 is 1.16 bits per heavy atom. The van der Waals surface area contributed by atoms with E-state index in [0.29, 0.717) is 5.92 Å². The first-order valence-electron chi connectivity index (χ1n) is 6.27. The van der Waals surface area contributed by atoms with Crippen LogP contribution in [0.2, 0.25) is 0 Å². The molecular weight excluding hydrogens is 256 g/mol. The summed E-state index contributed by atoms with van der Waals surface area (Å²) >= 11 is 1.64. The Balaban J connectivity index is 2.17. The van der Waals surface area contributed by atoms with Gasteiger partial charge in [0.1, 0.15) is 17.8 Å². The number of aromatic nitrogens is 2. The normalized spacial score (nSPS) is 12.6. The summed E-state index contributed by atoms with van der Waals surface area (Å²) in [7, 11) is 0. The molecule has 4 heteroatoms. The van der Waals surface area contributed by atoms with E-state index in [9.17, 15) is 0 Å². The van der Waals surface area contributed by atoms with Crippen LogP contribution < -0.4 is 4.74 Å². The summed E-state index contributed by atoms with van der Waals surface area (Å²) in [6, 6.07) is 4.16. The lowest BCUT2D eigenvalue weighted by molar-refractivity contribution is 0.479. The Labute approximate surface area is 114 Å². The Bertz CT molecular complexity index is 792. The van der Waals surface area contributed by atoms with Crippen LogP contribution in [0.15, 0.2) is 29.2 Å². The highest BCUT2D eigenvalue weighted by Crippen LogP contribution is 2.48. The Morgan fingerprint density at radius 2 is 2.05 bits per heavy atom. The summed E-state index contributed by atoms with van der Waals surface area (Å²) in [5.41, 5.74) is 4.22. The van der Waals surface area contributed by atoms with Gasteiger partial charge in [-0.15, -0.1) is 11.3 Å². The molecule has 4 rings (SSSR count). The maximum Gasteiger partial charge on any atom is 0.147 e. The number of thiophene rings is 1. The zero-order valence-electron chi connectivity index (χ0n) is 10.7. The van der Waals surface area contributed by atoms with E-state index in [1.54, 1.807) is 17.7 Å². The Morgan fingerprint density at radius 3 is 2.89 bits per heavy atom. The Hall–Kier alpha value is -1.94. The van der Waals surface area contributed by atoms with Crippen molar-refractivity contribution < 1.29 is 4.74 Å². The molecule has 0 radical (unpaired) electrons. The van der Waals surface area contributed by atoms with Crippen molar-refractivity contribution >= 4 is 22.2 Å². The molecule has 3 nitrogen and oxygen atoms in total. The van der Waals surface area contributed by atoms with Crippen LogP contribution >= 0.6 is 11.3 Å². The third kappa shape index (κ3) is 1.43. The molecule has 0 atom stereocenters. The van der Waals surface area contributed by atoms with E-state index in [0.717, 1.165) is 33.7 Å². The summed E-state index contributed by atoms with van der Waals surface area (Å²) < 4.78 is 6.11. The molecule has 94 valence electrons. The van der Waals surface area contributed by atoms with Crippen molar-refractivity contribution in [1.29, 1.82) is 0 Å². The van der Waals surface area contributed by atoms with Crippen LogP contribution in [-0.2, 0) is 0 Å². The Kier molecular flexibility index (Phi) is 2.17. The average Bonchev–Trinajstić information content (AvgIpc) is 2.87. The van der Waals surface area contributed by atoms with Gasteiger partial charge < -0.3 is 4.74 Å². The van der Waals surface area contributed by atoms with Gasteiger partial charge in [-0.2, -0.15) is 0 Å². The van der Waals surface area contributed by atoms with Crippen LogP contribution in [0.1, 0.15) is 25.3 Å². The van der Waals surface area contributed by atoms with Gasteiger partial charge in [-0.05, 0) is 17.5 Å². The van der Waals surface area contributed by atoms with Crippen LogP contribution in [0.4, 0.5) is 0 Å². The van der Waals surface area contributed by atoms with Crippen LogP contribution in [0.3, 0.4) is 0 Å². The second-order valence-electron chi connectivity index (χ2n) is 5.01. The smallest absolute Gasteiger partial charge is 0.147 e. The average molecular weight is 268 g/mol. The fourth-order valence-corrected chi connectivity index (χ4v) is 3.28. The number of benzene rings is 1. The van der Waals surface area contributed by atoms with E-state index in [2.05, 4.69) is 41.3 Å². The minimum Gasteiger partial charge on any atom is -0.455 e. The first kappa shape index (κ1) is 10.9. The first-order valence-corrected chi connectivity index (χ1v) is 7.22. The lowest BCUT2D eigenvalue weighted by atomic mass is 9.96. The molecule has 0 amide bonds. The third-order valence-corrected chi connectivity index (χ3v) is 4.22. The summed E-state index contributed by atoms with van der Waals surface area (Å²) in [5.74, 6) is 2.24. The molecule has 0 saturated heterocycles. The molecule has 0 bridgehead atoms. The molecule has 0 N–H and O–H groups in total. The molecule has 19 heavy (non-hydrogen) atoms. The fourth-order valence-electron chi connectivity index (χ4n) is 2.55. The van der Waals surface area contributed by atoms with E-state index in [1.165, 1.54) is 5.56 Å². The molecule has 1 aliphatic heterocycles. The summed E-state index contributed by atoms with van der Waals surface area (Å²) in [6.45, 7) is 4.35. The molecule has 0 fully saturated rings. The molecule has 2 aromatic heterocycles. The van der Waals surface area contributed by atoms with Crippen molar-refractivity contribution in [3.05, 3.63) is 34.8 Å². The molecule has 0 spiro atoms. The SMILES string of the molecule is CC(C)c1ccc2ncnc3c2c1Oc1cscc1-3. The second kappa shape index (κ2) is 3.78. The first-order chi connectivity index (χ1) is 9.25. The van der Waals surface area contributed by atoms with Crippen LogP contribution in [0.5, 0.6) is 11.5 Å². The van der Waals surface area contributed by atoms with Gasteiger partial charge in [-0.25, -0.2) is 9.97 Å². The van der Waals surface area contributed by atoms with E-state index < -0.39 is 0 Å². The highest BCUT2D eigenvalue weighted by molar-refractivity contribution is 7.08. The number of hydrogen-bond donors (Lipinski definition) is 0. The van der Waals surface area contributed by atoms with Crippen LogP contribution in [0.25, 0.3) is 22.2 Å². The van der Waals surface area contributed by atoms with Crippen molar-refractivity contribution in [2.75, 3.05) is 0 Å². The third-order valence-electron chi connectivity index (χ3n) is 3.50. The number of ether oxygens (including phenoxy) is 1. The van der Waals surface area contributed by atoms with Gasteiger partial charge in [-0.3, -0.25) is 0 Å². The van der Waals surface area contributed by atoms with Gasteiger partial charge >= 0.3 is 0 Å². The number of rotatable bonds is 1. The standard InChI is InChI=1S/C15H12N2OS/c1-8(2)9-3-4-11-13-14(17-7-16-11)10-5-19-6-12(10)18-15(9)13/h3-8H,1-2H3. The summed E-state index contributed by atoms with van der Waals surface area (Å²) in [5, 5.41) is 5.16. The van der Waals surface area contributed by atoms with E-state index in [-0.39, 0.29) is 0 Å². The lowest BCUT2D eigenvalue weighted by Gasteiger charge is -2.21. The minimum absolute atomic E-state index is 0.410. The van der Waals surface area contributed by atoms with Crippen LogP contribution in [0, 0.1) is 0 Å². The lowest BCUT2D eigenvalue weighted by Crippen LogP contribution is -2.02. The van der Waals surface area contributed by atoms with Crippen molar-refractivity contribution in [1.82, 2.24) is 9.97 Å². The zero-order chi connectivity index (χ0) is 13.0. The summed E-state index contributed by atoms with van der Waals surface area (Å²) in [6.07, 6.45) is 1.63. The van der Waals surface area contributed by atoms with Gasteiger partial charge in [0.15, 0.2) is 0 Å². The highest BCUT2D eigenvalue weighted by atomic mass is 32.1. The van der Waals surface area contributed by atoms with Gasteiger partial charge in [-0.1, -0.05) is 19.9 Å². The second-order valence-corrected chi connectivity index (χ2v) is 5.75. The number of fused-ring (bicyclic) bond motifs is 2. The maximum atomic E-state index is 6.11. The van der Waals surface area contributed by atoms with Crippen molar-refractivity contribution in [2.24, 2.45) is 0 Å². The zero-order valence-corrected chi connectivity index (χ0v) is 11.5. The van der Waals surface area contributed by atoms with Gasteiger partial charge in [0.25, 0.3) is 0 Å². The van der Waals surface area contributed by atoms with Gasteiger partial charge in [0.2, 0.25) is 0 Å². The predicted molar refractivity (Wildman–Crippen MR) is 77.0 cm³/mol. The molecule has 1 aromatic carbocycles. The van der Waals surface area contributed by atoms with Crippen molar-refractivity contribution in [3.63, 3.8) is 0 Å². The number of nitrogens with zero attached hydrogens (tertiary/aromatic N) is 2.